The van der Waals surface area contributed by atoms with Crippen LogP contribution in [0.15, 0.2) is 50.9 Å². The predicted octanol–water partition coefficient (Wildman–Crippen LogP) is 2.69. The highest BCUT2D eigenvalue weighted by atomic mass is 79.9. The first-order valence-corrected chi connectivity index (χ1v) is 7.20. The molecule has 0 saturated heterocycles. The summed E-state index contributed by atoms with van der Waals surface area (Å²) in [5.41, 5.74) is 1.41. The lowest BCUT2D eigenvalue weighted by atomic mass is 10.2. The van der Waals surface area contributed by atoms with Gasteiger partial charge in [0.15, 0.2) is 0 Å². The van der Waals surface area contributed by atoms with Gasteiger partial charge < -0.3 is 4.57 Å². The van der Waals surface area contributed by atoms with Gasteiger partial charge in [-0.25, -0.2) is 4.98 Å². The van der Waals surface area contributed by atoms with Gasteiger partial charge in [0, 0.05) is 17.7 Å². The second kappa shape index (κ2) is 5.29. The van der Waals surface area contributed by atoms with E-state index in [2.05, 4.69) is 26.0 Å². The van der Waals surface area contributed by atoms with Crippen molar-refractivity contribution in [2.24, 2.45) is 12.1 Å². The van der Waals surface area contributed by atoms with Crippen LogP contribution < -0.4 is 5.56 Å². The normalized spacial score (nSPS) is 11.6. The molecular weight excluding hydrogens is 332 g/mol. The van der Waals surface area contributed by atoms with Crippen LogP contribution in [-0.4, -0.2) is 20.4 Å². The summed E-state index contributed by atoms with van der Waals surface area (Å²) >= 11 is 3.37. The van der Waals surface area contributed by atoms with Gasteiger partial charge in [-0.3, -0.25) is 4.79 Å². The quantitative estimate of drug-likeness (QED) is 0.671. The molecule has 21 heavy (non-hydrogen) atoms. The van der Waals surface area contributed by atoms with Crippen molar-refractivity contribution >= 4 is 33.0 Å². The van der Waals surface area contributed by atoms with Crippen molar-refractivity contribution in [1.29, 1.82) is 0 Å². The molecule has 6 heteroatoms. The monoisotopic (exact) mass is 344 g/mol. The van der Waals surface area contributed by atoms with Crippen LogP contribution in [0.2, 0.25) is 0 Å². The maximum absolute atomic E-state index is 12.5. The van der Waals surface area contributed by atoms with Crippen molar-refractivity contribution in [3.8, 4) is 0 Å². The number of aromatic nitrogens is 3. The average molecular weight is 345 g/mol. The third-order valence-corrected chi connectivity index (χ3v) is 3.75. The Hall–Kier alpha value is -2.21. The fourth-order valence-electron chi connectivity index (χ4n) is 2.12. The molecule has 106 valence electrons. The number of rotatable bonds is 2. The molecule has 0 aliphatic carbocycles. The minimum Gasteiger partial charge on any atom is -0.350 e. The highest BCUT2D eigenvalue weighted by molar-refractivity contribution is 9.10. The maximum atomic E-state index is 12.5. The topological polar surface area (TPSA) is 52.2 Å². The number of fused-ring (bicyclic) bond motifs is 1. The fraction of sp³-hybridized carbons (Fsp3) is 0.133. The lowest BCUT2D eigenvalue weighted by molar-refractivity contribution is 0.768. The van der Waals surface area contributed by atoms with Crippen LogP contribution in [0.5, 0.6) is 0 Å². The molecule has 1 aromatic carbocycles. The molecule has 0 aliphatic rings. The minimum atomic E-state index is -0.177. The minimum absolute atomic E-state index is 0.177. The maximum Gasteiger partial charge on any atom is 0.282 e. The number of hydrogen-bond donors (Lipinski definition) is 0. The Labute approximate surface area is 129 Å². The molecule has 0 bridgehead atoms. The van der Waals surface area contributed by atoms with Gasteiger partial charge in [0.1, 0.15) is 5.82 Å². The van der Waals surface area contributed by atoms with Crippen molar-refractivity contribution in [3.05, 3.63) is 62.9 Å². The molecule has 3 rings (SSSR count). The summed E-state index contributed by atoms with van der Waals surface area (Å²) in [4.78, 5) is 16.9. The Bertz CT molecular complexity index is 908. The Kier molecular flexibility index (Phi) is 3.47. The number of nitrogens with zero attached hydrogens (tertiary/aromatic N) is 4. The second-order valence-corrected chi connectivity index (χ2v) is 5.64. The van der Waals surface area contributed by atoms with Crippen molar-refractivity contribution in [2.75, 3.05) is 0 Å². The number of benzene rings is 1. The van der Waals surface area contributed by atoms with Crippen LogP contribution >= 0.6 is 15.9 Å². The van der Waals surface area contributed by atoms with Crippen molar-refractivity contribution in [1.82, 2.24) is 14.2 Å². The van der Waals surface area contributed by atoms with E-state index in [0.717, 1.165) is 10.2 Å². The average Bonchev–Trinajstić information content (AvgIpc) is 2.85. The molecule has 5 nitrogen and oxygen atoms in total. The van der Waals surface area contributed by atoms with Crippen LogP contribution in [-0.2, 0) is 7.05 Å². The summed E-state index contributed by atoms with van der Waals surface area (Å²) in [7, 11) is 1.92. The fourth-order valence-corrected chi connectivity index (χ4v) is 2.48. The first-order valence-electron chi connectivity index (χ1n) is 6.41. The van der Waals surface area contributed by atoms with E-state index in [9.17, 15) is 4.79 Å². The van der Waals surface area contributed by atoms with E-state index >= 15 is 0 Å². The van der Waals surface area contributed by atoms with Crippen LogP contribution in [0.25, 0.3) is 10.9 Å². The summed E-state index contributed by atoms with van der Waals surface area (Å²) in [5, 5.41) is 4.81. The summed E-state index contributed by atoms with van der Waals surface area (Å²) in [5.74, 6) is 0.556. The van der Waals surface area contributed by atoms with Crippen LogP contribution in [0.1, 0.15) is 11.5 Å². The molecule has 0 N–H and O–H groups in total. The molecule has 0 spiro atoms. The smallest absolute Gasteiger partial charge is 0.282 e. The molecule has 0 radical (unpaired) electrons. The van der Waals surface area contributed by atoms with E-state index in [1.54, 1.807) is 19.2 Å². The zero-order chi connectivity index (χ0) is 15.0. The third kappa shape index (κ3) is 2.54. The number of halogens is 1. The molecule has 3 aromatic rings. The van der Waals surface area contributed by atoms with Gasteiger partial charge in [-0.2, -0.15) is 9.78 Å². The van der Waals surface area contributed by atoms with E-state index in [1.165, 1.54) is 4.68 Å². The van der Waals surface area contributed by atoms with Gasteiger partial charge in [0.05, 0.1) is 22.8 Å². The van der Waals surface area contributed by atoms with Gasteiger partial charge in [-0.05, 0) is 37.3 Å². The molecule has 0 amide bonds. The van der Waals surface area contributed by atoms with Crippen molar-refractivity contribution < 1.29 is 0 Å². The first-order chi connectivity index (χ1) is 10.1. The van der Waals surface area contributed by atoms with Crippen molar-refractivity contribution in [2.45, 2.75) is 6.92 Å². The zero-order valence-electron chi connectivity index (χ0n) is 11.6. The second-order valence-electron chi connectivity index (χ2n) is 4.73. The van der Waals surface area contributed by atoms with Crippen LogP contribution in [0.3, 0.4) is 0 Å². The standard InChI is InChI=1S/C15H13BrN4O/c1-10-18-14-6-5-11(16)8-13(14)15(21)20(10)17-9-12-4-3-7-19(12)2/h3-9H,1-2H3. The molecule has 0 aliphatic heterocycles. The van der Waals surface area contributed by atoms with E-state index < -0.39 is 0 Å². The van der Waals surface area contributed by atoms with Crippen LogP contribution in [0.4, 0.5) is 0 Å². The summed E-state index contributed by atoms with van der Waals surface area (Å²) in [6.07, 6.45) is 3.58. The van der Waals surface area contributed by atoms with Gasteiger partial charge in [0.2, 0.25) is 0 Å². The lowest BCUT2D eigenvalue weighted by Gasteiger charge is -2.05. The van der Waals surface area contributed by atoms with Crippen LogP contribution in [0, 0.1) is 6.92 Å². The molecule has 0 unspecified atom stereocenters. The molecule has 2 aromatic heterocycles. The molecule has 0 atom stereocenters. The number of hydrogen-bond acceptors (Lipinski definition) is 3. The Morgan fingerprint density at radius 3 is 2.86 bits per heavy atom. The van der Waals surface area contributed by atoms with E-state index in [0.29, 0.717) is 16.7 Å². The molecule has 2 heterocycles. The summed E-state index contributed by atoms with van der Waals surface area (Å²) in [6.45, 7) is 1.77. The van der Waals surface area contributed by atoms with E-state index in [1.807, 2.05) is 42.1 Å². The summed E-state index contributed by atoms with van der Waals surface area (Å²) in [6, 6.07) is 9.30. The highest BCUT2D eigenvalue weighted by Crippen LogP contribution is 2.15. The Morgan fingerprint density at radius 1 is 1.33 bits per heavy atom. The molecule has 0 fully saturated rings. The van der Waals surface area contributed by atoms with Gasteiger partial charge in [-0.1, -0.05) is 15.9 Å². The molecule has 0 saturated carbocycles. The van der Waals surface area contributed by atoms with Crippen molar-refractivity contribution in [3.63, 3.8) is 0 Å². The van der Waals surface area contributed by atoms with Gasteiger partial charge in [0.25, 0.3) is 5.56 Å². The zero-order valence-corrected chi connectivity index (χ0v) is 13.2. The summed E-state index contributed by atoms with van der Waals surface area (Å²) < 4.78 is 4.09. The lowest BCUT2D eigenvalue weighted by Crippen LogP contribution is -2.20. The van der Waals surface area contributed by atoms with Gasteiger partial charge in [-0.15, -0.1) is 0 Å². The first kappa shape index (κ1) is 13.8. The number of aryl methyl sites for hydroxylation is 2. The van der Waals surface area contributed by atoms with Gasteiger partial charge >= 0.3 is 0 Å². The SMILES string of the molecule is Cc1nc2ccc(Br)cc2c(=O)n1N=Cc1cccn1C. The Morgan fingerprint density at radius 2 is 2.14 bits per heavy atom. The molecular formula is C15H13BrN4O. The predicted molar refractivity (Wildman–Crippen MR) is 86.8 cm³/mol. The largest absolute Gasteiger partial charge is 0.350 e. The highest BCUT2D eigenvalue weighted by Gasteiger charge is 2.07. The van der Waals surface area contributed by atoms with E-state index in [-0.39, 0.29) is 5.56 Å². The van der Waals surface area contributed by atoms with E-state index in [4.69, 9.17) is 0 Å². The third-order valence-electron chi connectivity index (χ3n) is 3.26. The Balaban J connectivity index is 2.17.